The van der Waals surface area contributed by atoms with E-state index in [2.05, 4.69) is 10.3 Å². The lowest BCUT2D eigenvalue weighted by Crippen LogP contribution is -2.16. The molecule has 0 spiro atoms. The number of hydrogen-bond donors (Lipinski definition) is 2. The van der Waals surface area contributed by atoms with Crippen LogP contribution in [0, 0.1) is 0 Å². The van der Waals surface area contributed by atoms with Crippen molar-refractivity contribution in [3.8, 4) is 5.75 Å². The Kier molecular flexibility index (Phi) is 3.87. The minimum Gasteiger partial charge on any atom is -0.495 e. The summed E-state index contributed by atoms with van der Waals surface area (Å²) in [6.07, 6.45) is 1.41. The first kappa shape index (κ1) is 13.2. The normalized spacial score (nSPS) is 10.0. The van der Waals surface area contributed by atoms with Crippen LogP contribution in [0.4, 0.5) is 5.69 Å². The number of rotatable bonds is 3. The average Bonchev–Trinajstić information content (AvgIpc) is 2.39. The fraction of sp³-hybridized carbons (Fsp3) is 0.0769. The molecule has 2 rings (SSSR count). The number of pyridine rings is 1. The van der Waals surface area contributed by atoms with Gasteiger partial charge >= 0.3 is 0 Å². The predicted molar refractivity (Wildman–Crippen MR) is 73.0 cm³/mol. The largest absolute Gasteiger partial charge is 0.495 e. The molecule has 1 heterocycles. The second kappa shape index (κ2) is 5.58. The molecule has 0 radical (unpaired) electrons. The molecule has 0 unspecified atom stereocenters. The molecule has 1 amide bonds. The van der Waals surface area contributed by atoms with Crippen LogP contribution in [0.3, 0.4) is 0 Å². The molecule has 2 N–H and O–H groups in total. The summed E-state index contributed by atoms with van der Waals surface area (Å²) < 4.78 is 5.12. The molecule has 0 aliphatic rings. The predicted octanol–water partition coefficient (Wildman–Crippen LogP) is 2.29. The molecule has 0 atom stereocenters. The smallest absolute Gasteiger partial charge is 0.272 e. The van der Waals surface area contributed by atoms with E-state index in [0.717, 1.165) is 0 Å². The summed E-state index contributed by atoms with van der Waals surface area (Å²) in [5.41, 5.74) is 0.348. The van der Waals surface area contributed by atoms with Gasteiger partial charge in [-0.25, -0.2) is 0 Å². The summed E-state index contributed by atoms with van der Waals surface area (Å²) in [7, 11) is 1.49. The van der Waals surface area contributed by atoms with Crippen molar-refractivity contribution in [3.63, 3.8) is 0 Å². The van der Waals surface area contributed by atoms with Gasteiger partial charge in [0.15, 0.2) is 5.43 Å². The summed E-state index contributed by atoms with van der Waals surface area (Å²) in [6.45, 7) is 0. The number of carbonyl (C=O) groups is 1. The van der Waals surface area contributed by atoms with E-state index in [9.17, 15) is 9.59 Å². The Labute approximate surface area is 114 Å². The van der Waals surface area contributed by atoms with E-state index < -0.39 is 5.91 Å². The van der Waals surface area contributed by atoms with Crippen LogP contribution in [0.5, 0.6) is 5.75 Å². The fourth-order valence-corrected chi connectivity index (χ4v) is 1.72. The van der Waals surface area contributed by atoms with Crippen molar-refractivity contribution in [2.75, 3.05) is 12.4 Å². The van der Waals surface area contributed by atoms with Crippen LogP contribution in [-0.2, 0) is 0 Å². The van der Waals surface area contributed by atoms with E-state index in [1.54, 1.807) is 18.2 Å². The van der Waals surface area contributed by atoms with Gasteiger partial charge in [-0.2, -0.15) is 0 Å². The van der Waals surface area contributed by atoms with Crippen LogP contribution in [-0.4, -0.2) is 18.0 Å². The summed E-state index contributed by atoms with van der Waals surface area (Å²) in [5.74, 6) is 0.0364. The van der Waals surface area contributed by atoms with Crippen LogP contribution in [0.2, 0.25) is 5.02 Å². The molecule has 1 aromatic carbocycles. The highest BCUT2D eigenvalue weighted by Gasteiger charge is 2.10. The lowest BCUT2D eigenvalue weighted by molar-refractivity contribution is 0.102. The first-order chi connectivity index (χ1) is 9.10. The summed E-state index contributed by atoms with van der Waals surface area (Å²) >= 11 is 5.86. The minimum atomic E-state index is -0.446. The van der Waals surface area contributed by atoms with Crippen LogP contribution < -0.4 is 15.5 Å². The van der Waals surface area contributed by atoms with Crippen molar-refractivity contribution in [1.82, 2.24) is 4.98 Å². The van der Waals surface area contributed by atoms with E-state index in [1.807, 2.05) is 0 Å². The highest BCUT2D eigenvalue weighted by Crippen LogP contribution is 2.27. The SMILES string of the molecule is COc1ccc(Cl)cc1NC(=O)c1cc(=O)cc[nH]1. The Morgan fingerprint density at radius 2 is 2.11 bits per heavy atom. The van der Waals surface area contributed by atoms with E-state index in [0.29, 0.717) is 16.5 Å². The van der Waals surface area contributed by atoms with Crippen LogP contribution >= 0.6 is 11.6 Å². The van der Waals surface area contributed by atoms with Crippen molar-refractivity contribution in [2.24, 2.45) is 0 Å². The molecule has 0 aliphatic carbocycles. The fourth-order valence-electron chi connectivity index (χ4n) is 1.54. The van der Waals surface area contributed by atoms with Crippen molar-refractivity contribution in [3.05, 3.63) is 57.5 Å². The van der Waals surface area contributed by atoms with Gasteiger partial charge in [0.1, 0.15) is 11.4 Å². The van der Waals surface area contributed by atoms with Gasteiger partial charge in [-0.3, -0.25) is 9.59 Å². The molecule has 6 heteroatoms. The number of ether oxygens (including phenoxy) is 1. The summed E-state index contributed by atoms with van der Waals surface area (Å²) in [4.78, 5) is 25.8. The van der Waals surface area contributed by atoms with Gasteiger partial charge in [0.25, 0.3) is 5.91 Å². The van der Waals surface area contributed by atoms with Gasteiger partial charge < -0.3 is 15.0 Å². The number of amides is 1. The zero-order chi connectivity index (χ0) is 13.8. The Morgan fingerprint density at radius 3 is 2.79 bits per heavy atom. The molecule has 1 aromatic heterocycles. The zero-order valence-corrected chi connectivity index (χ0v) is 10.8. The monoisotopic (exact) mass is 278 g/mol. The number of nitrogens with one attached hydrogen (secondary N) is 2. The van der Waals surface area contributed by atoms with E-state index in [4.69, 9.17) is 16.3 Å². The lowest BCUT2D eigenvalue weighted by atomic mass is 10.2. The van der Waals surface area contributed by atoms with E-state index in [1.165, 1.54) is 25.4 Å². The van der Waals surface area contributed by atoms with Gasteiger partial charge in [-0.15, -0.1) is 0 Å². The third-order valence-corrected chi connectivity index (χ3v) is 2.66. The molecule has 0 saturated heterocycles. The van der Waals surface area contributed by atoms with Crippen molar-refractivity contribution < 1.29 is 9.53 Å². The van der Waals surface area contributed by atoms with Crippen molar-refractivity contribution in [1.29, 1.82) is 0 Å². The van der Waals surface area contributed by atoms with Crippen molar-refractivity contribution >= 4 is 23.2 Å². The Morgan fingerprint density at radius 1 is 1.32 bits per heavy atom. The zero-order valence-electron chi connectivity index (χ0n) is 10.1. The number of hydrogen-bond acceptors (Lipinski definition) is 3. The number of methoxy groups -OCH3 is 1. The number of anilines is 1. The maximum atomic E-state index is 12.0. The molecule has 98 valence electrons. The number of aromatic amines is 1. The summed E-state index contributed by atoms with van der Waals surface area (Å²) in [6, 6.07) is 7.41. The first-order valence-corrected chi connectivity index (χ1v) is 5.81. The topological polar surface area (TPSA) is 71.2 Å². The molecule has 0 aliphatic heterocycles. The van der Waals surface area contributed by atoms with Gasteiger partial charge in [-0.1, -0.05) is 11.6 Å². The molecule has 0 bridgehead atoms. The number of aromatic nitrogens is 1. The Bertz CT molecular complexity index is 667. The molecule has 0 saturated carbocycles. The van der Waals surface area contributed by atoms with Crippen LogP contribution in [0.25, 0.3) is 0 Å². The molecule has 0 fully saturated rings. The highest BCUT2D eigenvalue weighted by molar-refractivity contribution is 6.31. The number of benzene rings is 1. The third kappa shape index (κ3) is 3.14. The van der Waals surface area contributed by atoms with Gasteiger partial charge in [0.05, 0.1) is 12.8 Å². The van der Waals surface area contributed by atoms with Gasteiger partial charge in [-0.05, 0) is 18.2 Å². The van der Waals surface area contributed by atoms with Crippen LogP contribution in [0.1, 0.15) is 10.5 Å². The molecule has 5 nitrogen and oxygen atoms in total. The first-order valence-electron chi connectivity index (χ1n) is 5.44. The quantitative estimate of drug-likeness (QED) is 0.905. The molecular formula is C13H11ClN2O3. The lowest BCUT2D eigenvalue weighted by Gasteiger charge is -2.10. The maximum absolute atomic E-state index is 12.0. The standard InChI is InChI=1S/C13H11ClN2O3/c1-19-12-3-2-8(14)6-10(12)16-13(18)11-7-9(17)4-5-15-11/h2-7H,1H3,(H,15,17)(H,16,18). The second-order valence-electron chi connectivity index (χ2n) is 3.74. The third-order valence-electron chi connectivity index (χ3n) is 2.43. The molecule has 2 aromatic rings. The Hall–Kier alpha value is -2.27. The molecule has 19 heavy (non-hydrogen) atoms. The van der Waals surface area contributed by atoms with Crippen molar-refractivity contribution in [2.45, 2.75) is 0 Å². The maximum Gasteiger partial charge on any atom is 0.272 e. The number of H-pyrrole nitrogens is 1. The number of halogens is 1. The van der Waals surface area contributed by atoms with Gasteiger partial charge in [0.2, 0.25) is 0 Å². The average molecular weight is 279 g/mol. The summed E-state index contributed by atoms with van der Waals surface area (Å²) in [5, 5.41) is 3.10. The van der Waals surface area contributed by atoms with Gasteiger partial charge in [0, 0.05) is 23.4 Å². The minimum absolute atomic E-state index is 0.162. The number of carbonyl (C=O) groups excluding carboxylic acids is 1. The van der Waals surface area contributed by atoms with E-state index in [-0.39, 0.29) is 11.1 Å². The highest BCUT2D eigenvalue weighted by atomic mass is 35.5. The second-order valence-corrected chi connectivity index (χ2v) is 4.17. The Balaban J connectivity index is 2.28. The van der Waals surface area contributed by atoms with E-state index >= 15 is 0 Å². The van der Waals surface area contributed by atoms with Crippen LogP contribution in [0.15, 0.2) is 41.3 Å². The molecular weight excluding hydrogens is 268 g/mol.